The maximum atomic E-state index is 12.1. The summed E-state index contributed by atoms with van der Waals surface area (Å²) in [5.74, 6) is -1.27. The predicted molar refractivity (Wildman–Crippen MR) is 83.5 cm³/mol. The third kappa shape index (κ3) is 2.82. The monoisotopic (exact) mass is 325 g/mol. The first-order valence-corrected chi connectivity index (χ1v) is 7.05. The van der Waals surface area contributed by atoms with Crippen molar-refractivity contribution in [2.75, 3.05) is 0 Å². The maximum absolute atomic E-state index is 12.1. The van der Waals surface area contributed by atoms with Crippen molar-refractivity contribution < 1.29 is 9.90 Å². The third-order valence-electron chi connectivity index (χ3n) is 3.24. The van der Waals surface area contributed by atoms with Gasteiger partial charge >= 0.3 is 5.97 Å². The van der Waals surface area contributed by atoms with Gasteiger partial charge in [0.05, 0.1) is 10.7 Å². The topological polar surface area (TPSA) is 59.3 Å². The van der Waals surface area contributed by atoms with E-state index in [-0.39, 0.29) is 5.56 Å². The van der Waals surface area contributed by atoms with Gasteiger partial charge in [-0.15, -0.1) is 0 Å². The third-order valence-corrected chi connectivity index (χ3v) is 3.78. The molecule has 4 nitrogen and oxygen atoms in total. The molecule has 1 aromatic heterocycles. The van der Waals surface area contributed by atoms with Crippen LogP contribution in [0.3, 0.4) is 0 Å². The minimum Gasteiger partial charge on any atom is -0.477 e. The quantitative estimate of drug-likeness (QED) is 0.932. The molecule has 0 bridgehead atoms. The van der Waals surface area contributed by atoms with Gasteiger partial charge in [0.15, 0.2) is 5.43 Å². The van der Waals surface area contributed by atoms with E-state index in [1.807, 2.05) is 6.92 Å². The van der Waals surface area contributed by atoms with Crippen molar-refractivity contribution in [3.05, 3.63) is 55.8 Å². The number of carboxylic acid groups (broad SMARTS) is 1. The largest absolute Gasteiger partial charge is 0.477 e. The Morgan fingerprint density at radius 3 is 2.48 bits per heavy atom. The second kappa shape index (κ2) is 5.92. The lowest BCUT2D eigenvalue weighted by Gasteiger charge is -2.18. The number of nitrogens with zero attached hydrogens (tertiary/aromatic N) is 1. The first-order valence-electron chi connectivity index (χ1n) is 6.30. The summed E-state index contributed by atoms with van der Waals surface area (Å²) >= 11 is 12.1. The molecule has 0 unspecified atom stereocenters. The van der Waals surface area contributed by atoms with Crippen LogP contribution < -0.4 is 5.43 Å². The van der Waals surface area contributed by atoms with Gasteiger partial charge in [-0.2, -0.15) is 0 Å². The zero-order chi connectivity index (χ0) is 15.7. The molecule has 1 aromatic carbocycles. The fourth-order valence-electron chi connectivity index (χ4n) is 2.34. The summed E-state index contributed by atoms with van der Waals surface area (Å²) in [7, 11) is 0. The highest BCUT2D eigenvalue weighted by Crippen LogP contribution is 2.32. The summed E-state index contributed by atoms with van der Waals surface area (Å²) in [6.07, 6.45) is 0. The lowest BCUT2D eigenvalue weighted by Crippen LogP contribution is -2.22. The van der Waals surface area contributed by atoms with Crippen molar-refractivity contribution in [2.45, 2.75) is 20.4 Å². The molecular weight excluding hydrogens is 313 g/mol. The van der Waals surface area contributed by atoms with Crippen molar-refractivity contribution in [3.63, 3.8) is 0 Å². The first-order chi connectivity index (χ1) is 9.86. The van der Waals surface area contributed by atoms with Gasteiger partial charge in [-0.3, -0.25) is 4.79 Å². The van der Waals surface area contributed by atoms with E-state index in [0.717, 1.165) is 0 Å². The Morgan fingerprint density at radius 1 is 1.29 bits per heavy atom. The first kappa shape index (κ1) is 15.6. The fraction of sp³-hybridized carbons (Fsp3) is 0.200. The predicted octanol–water partition coefficient (Wildman–Crippen LogP) is 3.85. The van der Waals surface area contributed by atoms with E-state index in [1.54, 1.807) is 23.6 Å². The standard InChI is InChI=1S/C15H13Cl2NO3/c1-3-18-8(2)6-12(19)13(15(20)21)14(18)10-5-4-9(16)7-11(10)17/h4-7H,3H2,1-2H3,(H,20,21). The Labute approximate surface area is 131 Å². The molecule has 6 heteroatoms. The molecule has 0 atom stereocenters. The lowest BCUT2D eigenvalue weighted by atomic mass is 10.0. The SMILES string of the molecule is CCn1c(C)cc(=O)c(C(=O)O)c1-c1ccc(Cl)cc1Cl. The number of rotatable bonds is 3. The van der Waals surface area contributed by atoms with Gasteiger partial charge in [-0.1, -0.05) is 23.2 Å². The van der Waals surface area contributed by atoms with Crippen LogP contribution in [0.15, 0.2) is 29.1 Å². The minimum absolute atomic E-state index is 0.285. The molecule has 0 amide bonds. The molecule has 0 radical (unpaired) electrons. The molecule has 21 heavy (non-hydrogen) atoms. The number of hydrogen-bond acceptors (Lipinski definition) is 2. The summed E-state index contributed by atoms with van der Waals surface area (Å²) in [4.78, 5) is 23.5. The molecular formula is C15H13Cl2NO3. The van der Waals surface area contributed by atoms with Gasteiger partial charge in [0.25, 0.3) is 0 Å². The Morgan fingerprint density at radius 2 is 1.95 bits per heavy atom. The van der Waals surface area contributed by atoms with Crippen LogP contribution in [-0.4, -0.2) is 15.6 Å². The van der Waals surface area contributed by atoms with E-state index < -0.39 is 11.4 Å². The average Bonchev–Trinajstić information content (AvgIpc) is 2.37. The van der Waals surface area contributed by atoms with Crippen LogP contribution in [-0.2, 0) is 6.54 Å². The number of aromatic nitrogens is 1. The highest BCUT2D eigenvalue weighted by molar-refractivity contribution is 6.36. The average molecular weight is 326 g/mol. The number of pyridine rings is 1. The Hall–Kier alpha value is -1.78. The number of benzene rings is 1. The lowest BCUT2D eigenvalue weighted by molar-refractivity contribution is 0.0695. The number of aromatic carboxylic acids is 1. The molecule has 0 saturated heterocycles. The zero-order valence-corrected chi connectivity index (χ0v) is 13.0. The summed E-state index contributed by atoms with van der Waals surface area (Å²) in [6, 6.07) is 6.08. The van der Waals surface area contributed by atoms with Gasteiger partial charge in [0, 0.05) is 28.9 Å². The van der Waals surface area contributed by atoms with Gasteiger partial charge in [0.1, 0.15) is 5.56 Å². The van der Waals surface area contributed by atoms with Crippen LogP contribution >= 0.6 is 23.2 Å². The summed E-state index contributed by atoms with van der Waals surface area (Å²) in [5, 5.41) is 10.1. The van der Waals surface area contributed by atoms with Gasteiger partial charge in [-0.05, 0) is 32.0 Å². The summed E-state index contributed by atoms with van der Waals surface area (Å²) in [6.45, 7) is 4.14. The van der Waals surface area contributed by atoms with Crippen molar-refractivity contribution in [1.82, 2.24) is 4.57 Å². The van der Waals surface area contributed by atoms with E-state index in [4.69, 9.17) is 23.2 Å². The normalized spacial score (nSPS) is 10.7. The maximum Gasteiger partial charge on any atom is 0.341 e. The van der Waals surface area contributed by atoms with E-state index in [1.165, 1.54) is 12.1 Å². The molecule has 2 aromatic rings. The molecule has 110 valence electrons. The molecule has 0 aliphatic heterocycles. The molecule has 1 heterocycles. The fourth-order valence-corrected chi connectivity index (χ4v) is 2.84. The van der Waals surface area contributed by atoms with Crippen molar-refractivity contribution >= 4 is 29.2 Å². The molecule has 0 aliphatic carbocycles. The second-order valence-corrected chi connectivity index (χ2v) is 5.39. The molecule has 1 N–H and O–H groups in total. The zero-order valence-electron chi connectivity index (χ0n) is 11.5. The molecule has 2 rings (SSSR count). The van der Waals surface area contributed by atoms with Crippen molar-refractivity contribution in [3.8, 4) is 11.3 Å². The highest BCUT2D eigenvalue weighted by atomic mass is 35.5. The smallest absolute Gasteiger partial charge is 0.341 e. The molecule has 0 spiro atoms. The van der Waals surface area contributed by atoms with Crippen LogP contribution in [0.5, 0.6) is 0 Å². The minimum atomic E-state index is -1.27. The van der Waals surface area contributed by atoms with E-state index in [2.05, 4.69) is 0 Å². The summed E-state index contributed by atoms with van der Waals surface area (Å²) in [5.41, 5.74) is 0.628. The van der Waals surface area contributed by atoms with E-state index in [0.29, 0.717) is 33.5 Å². The van der Waals surface area contributed by atoms with Gasteiger partial charge < -0.3 is 9.67 Å². The molecule has 0 saturated carbocycles. The van der Waals surface area contributed by atoms with Gasteiger partial charge in [-0.25, -0.2) is 4.79 Å². The molecule has 0 aliphatic rings. The summed E-state index contributed by atoms with van der Waals surface area (Å²) < 4.78 is 1.75. The van der Waals surface area contributed by atoms with Crippen LogP contribution in [0, 0.1) is 6.92 Å². The number of carboxylic acids is 1. The number of halogens is 2. The Balaban J connectivity index is 2.94. The van der Waals surface area contributed by atoms with Crippen LogP contribution in [0.4, 0.5) is 0 Å². The van der Waals surface area contributed by atoms with E-state index >= 15 is 0 Å². The van der Waals surface area contributed by atoms with Crippen LogP contribution in [0.25, 0.3) is 11.3 Å². The molecule has 0 fully saturated rings. The van der Waals surface area contributed by atoms with Crippen LogP contribution in [0.1, 0.15) is 23.0 Å². The van der Waals surface area contributed by atoms with Crippen molar-refractivity contribution in [1.29, 1.82) is 0 Å². The van der Waals surface area contributed by atoms with E-state index in [9.17, 15) is 14.7 Å². The Kier molecular flexibility index (Phi) is 4.40. The van der Waals surface area contributed by atoms with Crippen molar-refractivity contribution in [2.24, 2.45) is 0 Å². The number of aryl methyl sites for hydroxylation is 1. The Bertz CT molecular complexity index is 781. The highest BCUT2D eigenvalue weighted by Gasteiger charge is 2.22. The van der Waals surface area contributed by atoms with Crippen LogP contribution in [0.2, 0.25) is 10.0 Å². The number of hydrogen-bond donors (Lipinski definition) is 1. The second-order valence-electron chi connectivity index (χ2n) is 4.55. The number of carbonyl (C=O) groups is 1. The van der Waals surface area contributed by atoms with Gasteiger partial charge in [0.2, 0.25) is 0 Å².